The molecule has 2 heterocycles. The van der Waals surface area contributed by atoms with Gasteiger partial charge in [-0.3, -0.25) is 9.59 Å². The highest BCUT2D eigenvalue weighted by molar-refractivity contribution is 8.00. The maximum absolute atomic E-state index is 13.4. The van der Waals surface area contributed by atoms with Gasteiger partial charge in [0.05, 0.1) is 39.0 Å². The number of hydrogen-bond donors (Lipinski definition) is 1. The van der Waals surface area contributed by atoms with Gasteiger partial charge in [0.1, 0.15) is 11.4 Å². The quantitative estimate of drug-likeness (QED) is 0.825. The maximum Gasteiger partial charge on any atom is 0.245 e. The van der Waals surface area contributed by atoms with Gasteiger partial charge in [0.2, 0.25) is 11.8 Å². The number of thioether (sulfide) groups is 1. The molecule has 0 aromatic heterocycles. The fraction of sp³-hybridized carbons (Fsp3) is 0.619. The van der Waals surface area contributed by atoms with Crippen molar-refractivity contribution in [1.82, 2.24) is 9.80 Å². The molecule has 2 saturated heterocycles. The summed E-state index contributed by atoms with van der Waals surface area (Å²) in [6, 6.07) is 7.85. The van der Waals surface area contributed by atoms with Gasteiger partial charge < -0.3 is 14.7 Å². The second-order valence-corrected chi connectivity index (χ2v) is 9.32. The summed E-state index contributed by atoms with van der Waals surface area (Å²) in [4.78, 5) is 31.6. The number of quaternary nitrogens is 1. The zero-order valence-corrected chi connectivity index (χ0v) is 17.7. The highest BCUT2D eigenvalue weighted by Gasteiger charge is 2.43. The summed E-state index contributed by atoms with van der Waals surface area (Å²) in [7, 11) is 2.17. The normalized spacial score (nSPS) is 22.6. The van der Waals surface area contributed by atoms with Crippen molar-refractivity contribution in [2.24, 2.45) is 5.92 Å². The van der Waals surface area contributed by atoms with Crippen molar-refractivity contribution in [2.75, 3.05) is 39.0 Å². The van der Waals surface area contributed by atoms with Crippen molar-refractivity contribution in [1.29, 1.82) is 0 Å². The lowest BCUT2D eigenvalue weighted by Gasteiger charge is -2.38. The van der Waals surface area contributed by atoms with Gasteiger partial charge in [-0.25, -0.2) is 0 Å². The molecule has 0 radical (unpaired) electrons. The van der Waals surface area contributed by atoms with E-state index < -0.39 is 0 Å². The molecule has 2 atom stereocenters. The van der Waals surface area contributed by atoms with Gasteiger partial charge in [0.15, 0.2) is 0 Å². The molecular weight excluding hydrogens is 358 g/mol. The SMILES string of the molecule is Cc1ccccc1[C@@H]1SCC(=O)N1[C@H](CC(C)C)C(=O)N1CC[NH+](C)CC1. The lowest BCUT2D eigenvalue weighted by atomic mass is 9.99. The molecule has 2 aliphatic heterocycles. The lowest BCUT2D eigenvalue weighted by molar-refractivity contribution is -0.883. The Hall–Kier alpha value is -1.53. The van der Waals surface area contributed by atoms with E-state index in [4.69, 9.17) is 0 Å². The molecule has 148 valence electrons. The van der Waals surface area contributed by atoms with Gasteiger partial charge in [-0.1, -0.05) is 38.1 Å². The molecule has 2 amide bonds. The smallest absolute Gasteiger partial charge is 0.245 e. The number of benzene rings is 1. The summed E-state index contributed by atoms with van der Waals surface area (Å²) in [6.07, 6.45) is 0.715. The molecule has 5 nitrogen and oxygen atoms in total. The van der Waals surface area contributed by atoms with Crippen LogP contribution in [-0.4, -0.2) is 66.6 Å². The number of carbonyl (C=O) groups is 2. The topological polar surface area (TPSA) is 45.1 Å². The first-order valence-corrected chi connectivity index (χ1v) is 11.0. The van der Waals surface area contributed by atoms with E-state index in [-0.39, 0.29) is 23.2 Å². The number of likely N-dealkylation sites (N-methyl/N-ethyl adjacent to an activating group) is 1. The summed E-state index contributed by atoms with van der Waals surface area (Å²) < 4.78 is 0. The number of nitrogens with zero attached hydrogens (tertiary/aromatic N) is 2. The molecule has 1 aromatic rings. The van der Waals surface area contributed by atoms with E-state index in [9.17, 15) is 9.59 Å². The standard InChI is InChI=1S/C21H31N3O2S/c1-15(2)13-18(20(26)23-11-9-22(4)10-12-23)24-19(25)14-27-21(24)17-8-6-5-7-16(17)3/h5-8,15,18,21H,9-14H2,1-4H3/p+1/t18-,21+/m1/s1. The Labute approximate surface area is 167 Å². The third-order valence-electron chi connectivity index (χ3n) is 5.60. The first-order valence-electron chi connectivity index (χ1n) is 9.97. The molecule has 0 saturated carbocycles. The zero-order chi connectivity index (χ0) is 19.6. The van der Waals surface area contributed by atoms with Crippen molar-refractivity contribution < 1.29 is 14.5 Å². The Balaban J connectivity index is 1.89. The minimum absolute atomic E-state index is 0.0653. The second-order valence-electron chi connectivity index (χ2n) is 8.25. The third kappa shape index (κ3) is 4.49. The summed E-state index contributed by atoms with van der Waals surface area (Å²) >= 11 is 1.65. The summed E-state index contributed by atoms with van der Waals surface area (Å²) in [5, 5.41) is -0.0653. The average molecular weight is 391 g/mol. The van der Waals surface area contributed by atoms with Crippen molar-refractivity contribution >= 4 is 23.6 Å². The summed E-state index contributed by atoms with van der Waals surface area (Å²) in [6.45, 7) is 9.86. The van der Waals surface area contributed by atoms with Gasteiger partial charge in [-0.2, -0.15) is 0 Å². The van der Waals surface area contributed by atoms with Crippen molar-refractivity contribution in [3.8, 4) is 0 Å². The number of carbonyl (C=O) groups excluding carboxylic acids is 2. The van der Waals surface area contributed by atoms with Crippen LogP contribution in [0.5, 0.6) is 0 Å². The van der Waals surface area contributed by atoms with Crippen LogP contribution in [0.4, 0.5) is 0 Å². The van der Waals surface area contributed by atoms with Crippen molar-refractivity contribution in [3.05, 3.63) is 35.4 Å². The van der Waals surface area contributed by atoms with Crippen LogP contribution in [0.2, 0.25) is 0 Å². The minimum atomic E-state index is -0.365. The van der Waals surface area contributed by atoms with Crippen LogP contribution in [0.25, 0.3) is 0 Å². The van der Waals surface area contributed by atoms with Crippen LogP contribution in [0.15, 0.2) is 24.3 Å². The van der Waals surface area contributed by atoms with Gasteiger partial charge in [0.25, 0.3) is 0 Å². The predicted octanol–water partition coefficient (Wildman–Crippen LogP) is 1.34. The minimum Gasteiger partial charge on any atom is -0.334 e. The molecule has 0 spiro atoms. The molecule has 3 rings (SSSR count). The summed E-state index contributed by atoms with van der Waals surface area (Å²) in [5.41, 5.74) is 2.33. The molecule has 0 aliphatic carbocycles. The van der Waals surface area contributed by atoms with E-state index >= 15 is 0 Å². The number of piperazine rings is 1. The molecule has 1 N–H and O–H groups in total. The first-order chi connectivity index (χ1) is 12.9. The van der Waals surface area contributed by atoms with E-state index in [1.807, 2.05) is 21.9 Å². The van der Waals surface area contributed by atoms with Gasteiger partial charge in [0, 0.05) is 0 Å². The molecule has 2 aliphatic rings. The number of aryl methyl sites for hydroxylation is 1. The van der Waals surface area contributed by atoms with Crippen molar-refractivity contribution in [2.45, 2.75) is 38.6 Å². The fourth-order valence-corrected chi connectivity index (χ4v) is 5.29. The van der Waals surface area contributed by atoms with Crippen molar-refractivity contribution in [3.63, 3.8) is 0 Å². The van der Waals surface area contributed by atoms with E-state index in [1.165, 1.54) is 10.5 Å². The first kappa shape index (κ1) is 20.2. The second kappa shape index (κ2) is 8.65. The Morgan fingerprint density at radius 2 is 1.93 bits per heavy atom. The largest absolute Gasteiger partial charge is 0.334 e. The highest BCUT2D eigenvalue weighted by atomic mass is 32.2. The van der Waals surface area contributed by atoms with Crippen LogP contribution < -0.4 is 4.90 Å². The van der Waals surface area contributed by atoms with E-state index in [2.05, 4.69) is 40.0 Å². The van der Waals surface area contributed by atoms with Crippen LogP contribution in [0.1, 0.15) is 36.8 Å². The Morgan fingerprint density at radius 3 is 2.56 bits per heavy atom. The molecule has 0 unspecified atom stereocenters. The monoisotopic (exact) mass is 390 g/mol. The fourth-order valence-electron chi connectivity index (χ4n) is 3.98. The van der Waals surface area contributed by atoms with Crippen LogP contribution in [-0.2, 0) is 9.59 Å². The van der Waals surface area contributed by atoms with E-state index in [0.29, 0.717) is 18.1 Å². The van der Waals surface area contributed by atoms with E-state index in [1.54, 1.807) is 11.8 Å². The molecule has 6 heteroatoms. The van der Waals surface area contributed by atoms with E-state index in [0.717, 1.165) is 31.7 Å². The van der Waals surface area contributed by atoms with Gasteiger partial charge >= 0.3 is 0 Å². The molecule has 1 aromatic carbocycles. The number of nitrogens with one attached hydrogen (secondary N) is 1. The Bertz CT molecular complexity index is 686. The Kier molecular flexibility index (Phi) is 6.48. The summed E-state index contributed by atoms with van der Waals surface area (Å²) in [5.74, 6) is 1.03. The number of amides is 2. The number of hydrogen-bond acceptors (Lipinski definition) is 3. The molecule has 2 fully saturated rings. The van der Waals surface area contributed by atoms with Crippen LogP contribution >= 0.6 is 11.8 Å². The van der Waals surface area contributed by atoms with Gasteiger partial charge in [-0.05, 0) is 30.4 Å². The highest BCUT2D eigenvalue weighted by Crippen LogP contribution is 2.42. The number of rotatable bonds is 5. The van der Waals surface area contributed by atoms with Gasteiger partial charge in [-0.15, -0.1) is 11.8 Å². The zero-order valence-electron chi connectivity index (χ0n) is 16.9. The third-order valence-corrected chi connectivity index (χ3v) is 6.81. The Morgan fingerprint density at radius 1 is 1.26 bits per heavy atom. The van der Waals surface area contributed by atoms with Crippen LogP contribution in [0.3, 0.4) is 0 Å². The molecular formula is C21H32N3O2S+. The molecule has 0 bridgehead atoms. The predicted molar refractivity (Wildman–Crippen MR) is 110 cm³/mol. The lowest BCUT2D eigenvalue weighted by Crippen LogP contribution is -3.12. The van der Waals surface area contributed by atoms with Crippen LogP contribution in [0, 0.1) is 12.8 Å². The maximum atomic E-state index is 13.4. The molecule has 27 heavy (non-hydrogen) atoms. The average Bonchev–Trinajstić information content (AvgIpc) is 3.01.